The highest BCUT2D eigenvalue weighted by molar-refractivity contribution is 7.88. The Morgan fingerprint density at radius 2 is 1.87 bits per heavy atom. The molecule has 2 atom stereocenters. The molecule has 176 valence electrons. The first-order valence-electron chi connectivity index (χ1n) is 10.5. The predicted molar refractivity (Wildman–Crippen MR) is 122 cm³/mol. The van der Waals surface area contributed by atoms with Crippen LogP contribution in [0.2, 0.25) is 0 Å². The lowest BCUT2D eigenvalue weighted by Crippen LogP contribution is -2.44. The fraction of sp³-hybridized carbons (Fsp3) is 0.700. The Kier molecular flexibility index (Phi) is 6.90. The lowest BCUT2D eigenvalue weighted by atomic mass is 9.66. The molecule has 31 heavy (non-hydrogen) atoms. The maximum atomic E-state index is 12.7. The summed E-state index contributed by atoms with van der Waals surface area (Å²) in [5, 5.41) is 0. The number of rotatable bonds is 6. The minimum Gasteiger partial charge on any atom is -0.476 e. The second-order valence-electron chi connectivity index (χ2n) is 8.78. The van der Waals surface area contributed by atoms with Gasteiger partial charge in [0.2, 0.25) is 20.0 Å². The largest absolute Gasteiger partial charge is 0.476 e. The number of ether oxygens (including phenoxy) is 1. The van der Waals surface area contributed by atoms with Crippen molar-refractivity contribution in [2.45, 2.75) is 51.2 Å². The van der Waals surface area contributed by atoms with Crippen molar-refractivity contribution in [2.75, 3.05) is 32.6 Å². The van der Waals surface area contributed by atoms with Gasteiger partial charge in [0.1, 0.15) is 5.76 Å². The minimum absolute atomic E-state index is 0. The number of sulfonamides is 2. The van der Waals surface area contributed by atoms with Crippen LogP contribution >= 0.6 is 12.4 Å². The van der Waals surface area contributed by atoms with Crippen molar-refractivity contribution in [3.8, 4) is 0 Å². The molecule has 11 heteroatoms. The average molecular weight is 494 g/mol. The smallest absolute Gasteiger partial charge is 0.214 e. The Morgan fingerprint density at radius 1 is 1.13 bits per heavy atom. The van der Waals surface area contributed by atoms with E-state index >= 15 is 0 Å². The molecule has 0 bridgehead atoms. The molecule has 0 aromatic rings. The standard InChI is InChI=1S/C20H31N3O5S2.ClH/c1-21(29(2,24)25)12-13-23(30(3,26)27)18-14-20-10-6-4-8-16(20)15-22-11-7-5-9-17(22)19(20)28-18;/h7,11,15,18H,4-6,8-10,12-14H2,1-3H3;1H/t18-,20?;/m1./s1. The van der Waals surface area contributed by atoms with Gasteiger partial charge in [-0.15, -0.1) is 12.4 Å². The molecule has 1 saturated carbocycles. The SMILES string of the molecule is CN(CCN([C@H]1CC23CCCCC2=CN2C=CCCC2=C3O1)S(C)(=O)=O)S(C)(=O)=O.Cl. The molecular formula is C20H32ClN3O5S2. The van der Waals surface area contributed by atoms with Crippen molar-refractivity contribution in [2.24, 2.45) is 5.41 Å². The van der Waals surface area contributed by atoms with Crippen LogP contribution in [0, 0.1) is 5.41 Å². The van der Waals surface area contributed by atoms with Gasteiger partial charge in [-0.25, -0.2) is 21.1 Å². The zero-order valence-electron chi connectivity index (χ0n) is 18.3. The van der Waals surface area contributed by atoms with E-state index in [0.717, 1.165) is 56.2 Å². The Morgan fingerprint density at radius 3 is 2.55 bits per heavy atom. The second-order valence-corrected chi connectivity index (χ2v) is 12.8. The topological polar surface area (TPSA) is 87.2 Å². The van der Waals surface area contributed by atoms with Gasteiger partial charge in [-0.05, 0) is 37.7 Å². The molecule has 0 aromatic carbocycles. The van der Waals surface area contributed by atoms with Crippen LogP contribution in [0.5, 0.6) is 0 Å². The average Bonchev–Trinajstić information content (AvgIpc) is 3.03. The minimum atomic E-state index is -3.59. The summed E-state index contributed by atoms with van der Waals surface area (Å²) < 4.78 is 57.8. The monoisotopic (exact) mass is 493 g/mol. The van der Waals surface area contributed by atoms with Gasteiger partial charge in [-0.3, -0.25) is 0 Å². The normalized spacial score (nSPS) is 28.0. The van der Waals surface area contributed by atoms with Gasteiger partial charge in [0, 0.05) is 39.0 Å². The van der Waals surface area contributed by atoms with E-state index < -0.39 is 26.3 Å². The fourth-order valence-electron chi connectivity index (χ4n) is 5.08. The molecule has 0 aromatic heterocycles. The van der Waals surface area contributed by atoms with E-state index in [1.54, 1.807) is 0 Å². The van der Waals surface area contributed by atoms with Crippen LogP contribution in [-0.2, 0) is 24.8 Å². The zero-order valence-corrected chi connectivity index (χ0v) is 20.7. The van der Waals surface area contributed by atoms with Crippen molar-refractivity contribution >= 4 is 32.5 Å². The molecule has 4 aliphatic rings. The van der Waals surface area contributed by atoms with Gasteiger partial charge in [-0.2, -0.15) is 4.31 Å². The molecule has 2 fully saturated rings. The molecule has 0 amide bonds. The van der Waals surface area contributed by atoms with Gasteiger partial charge < -0.3 is 9.64 Å². The zero-order chi connectivity index (χ0) is 21.7. The van der Waals surface area contributed by atoms with Crippen LogP contribution in [0.3, 0.4) is 0 Å². The van der Waals surface area contributed by atoms with Gasteiger partial charge in [0.15, 0.2) is 6.23 Å². The molecular weight excluding hydrogens is 462 g/mol. The van der Waals surface area contributed by atoms with E-state index in [1.807, 2.05) is 0 Å². The van der Waals surface area contributed by atoms with Gasteiger partial charge in [-0.1, -0.05) is 12.5 Å². The highest BCUT2D eigenvalue weighted by atomic mass is 35.5. The second kappa shape index (κ2) is 8.70. The van der Waals surface area contributed by atoms with E-state index in [-0.39, 0.29) is 30.9 Å². The molecule has 4 rings (SSSR count). The van der Waals surface area contributed by atoms with E-state index in [0.29, 0.717) is 6.42 Å². The number of allylic oxidation sites excluding steroid dienone is 3. The van der Waals surface area contributed by atoms with Crippen molar-refractivity contribution < 1.29 is 21.6 Å². The quantitative estimate of drug-likeness (QED) is 0.565. The number of nitrogens with zero attached hydrogens (tertiary/aromatic N) is 3. The predicted octanol–water partition coefficient (Wildman–Crippen LogP) is 2.59. The third-order valence-corrected chi connectivity index (χ3v) is 9.34. The summed E-state index contributed by atoms with van der Waals surface area (Å²) in [5.74, 6) is 0.930. The van der Waals surface area contributed by atoms with Crippen molar-refractivity contribution in [1.29, 1.82) is 0 Å². The summed E-state index contributed by atoms with van der Waals surface area (Å²) in [6, 6.07) is 0. The van der Waals surface area contributed by atoms with Gasteiger partial charge >= 0.3 is 0 Å². The van der Waals surface area contributed by atoms with E-state index in [2.05, 4.69) is 23.4 Å². The summed E-state index contributed by atoms with van der Waals surface area (Å²) in [5.41, 5.74) is 2.22. The van der Waals surface area contributed by atoms with Crippen molar-refractivity contribution in [1.82, 2.24) is 13.5 Å². The van der Waals surface area contributed by atoms with Gasteiger partial charge in [0.05, 0.1) is 23.6 Å². The molecule has 0 N–H and O–H groups in total. The Hall–Kier alpha value is -1.07. The van der Waals surface area contributed by atoms with E-state index in [4.69, 9.17) is 4.74 Å². The summed E-state index contributed by atoms with van der Waals surface area (Å²) in [7, 11) is -5.51. The van der Waals surface area contributed by atoms with Gasteiger partial charge in [0.25, 0.3) is 0 Å². The molecule has 8 nitrogen and oxygen atoms in total. The molecule has 1 spiro atoms. The number of hydrogen-bond donors (Lipinski definition) is 0. The summed E-state index contributed by atoms with van der Waals surface area (Å²) in [6.07, 6.45) is 14.7. The van der Waals surface area contributed by atoms with E-state index in [9.17, 15) is 16.8 Å². The molecule has 3 heterocycles. The highest BCUT2D eigenvalue weighted by Gasteiger charge is 2.54. The number of hydrogen-bond acceptors (Lipinski definition) is 6. The van der Waals surface area contributed by atoms with Crippen molar-refractivity contribution in [3.63, 3.8) is 0 Å². The Balaban J connectivity index is 0.00000272. The maximum absolute atomic E-state index is 12.7. The summed E-state index contributed by atoms with van der Waals surface area (Å²) in [6.45, 7) is 0.149. The number of likely N-dealkylation sites (N-methyl/N-ethyl adjacent to an activating group) is 1. The van der Waals surface area contributed by atoms with Crippen LogP contribution in [0.1, 0.15) is 44.9 Å². The van der Waals surface area contributed by atoms with Crippen molar-refractivity contribution in [3.05, 3.63) is 35.5 Å². The third-order valence-electron chi connectivity index (χ3n) is 6.76. The lowest BCUT2D eigenvalue weighted by Gasteiger charge is -2.42. The Bertz CT molecular complexity index is 1020. The van der Waals surface area contributed by atoms with Crippen LogP contribution in [-0.4, -0.2) is 69.2 Å². The third kappa shape index (κ3) is 4.55. The first-order chi connectivity index (χ1) is 14.0. The first kappa shape index (κ1) is 24.6. The summed E-state index contributed by atoms with van der Waals surface area (Å²) in [4.78, 5) is 2.14. The first-order valence-corrected chi connectivity index (χ1v) is 14.2. The number of fused-ring (bicyclic) bond motifs is 1. The fourth-order valence-corrected chi connectivity index (χ4v) is 6.46. The van der Waals surface area contributed by atoms with Crippen LogP contribution in [0.25, 0.3) is 0 Å². The molecule has 3 aliphatic heterocycles. The van der Waals surface area contributed by atoms with E-state index in [1.165, 1.54) is 27.5 Å². The highest BCUT2D eigenvalue weighted by Crippen LogP contribution is 2.59. The lowest BCUT2D eigenvalue weighted by molar-refractivity contribution is 0.0561. The summed E-state index contributed by atoms with van der Waals surface area (Å²) >= 11 is 0. The molecule has 0 radical (unpaired) electrons. The molecule has 1 unspecified atom stereocenters. The maximum Gasteiger partial charge on any atom is 0.214 e. The van der Waals surface area contributed by atoms with Crippen LogP contribution in [0.4, 0.5) is 0 Å². The molecule has 1 aliphatic carbocycles. The molecule has 1 saturated heterocycles. The number of halogens is 1. The van der Waals surface area contributed by atoms with Crippen LogP contribution in [0.15, 0.2) is 35.5 Å². The van der Waals surface area contributed by atoms with Crippen LogP contribution < -0.4 is 0 Å². The Labute approximate surface area is 192 Å².